The van der Waals surface area contributed by atoms with Crippen LogP contribution in [0.1, 0.15) is 47.0 Å². The van der Waals surface area contributed by atoms with E-state index in [-0.39, 0.29) is 24.7 Å². The first-order valence-electron chi connectivity index (χ1n) is 8.12. The lowest BCUT2D eigenvalue weighted by Crippen LogP contribution is -2.41. The third kappa shape index (κ3) is 4.48. The van der Waals surface area contributed by atoms with Gasteiger partial charge >= 0.3 is 13.1 Å². The molecule has 1 heterocycles. The summed E-state index contributed by atoms with van der Waals surface area (Å²) in [6.07, 6.45) is 1.75. The smallest absolute Gasteiger partial charge is 0.481 e. The van der Waals surface area contributed by atoms with Gasteiger partial charge in [-0.05, 0) is 58.1 Å². The Bertz CT molecular complexity index is 526. The van der Waals surface area contributed by atoms with Crippen molar-refractivity contribution >= 4 is 24.2 Å². The van der Waals surface area contributed by atoms with E-state index in [1.165, 1.54) is 0 Å². The minimum atomic E-state index is -0.739. The van der Waals surface area contributed by atoms with E-state index in [4.69, 9.17) is 14.4 Å². The Kier molecular flexibility index (Phi) is 5.37. The van der Waals surface area contributed by atoms with Crippen molar-refractivity contribution in [1.82, 2.24) is 0 Å². The number of rotatable bonds is 7. The van der Waals surface area contributed by atoms with Crippen molar-refractivity contribution < 1.29 is 19.2 Å². The molecule has 0 amide bonds. The first kappa shape index (κ1) is 17.8. The van der Waals surface area contributed by atoms with E-state index >= 15 is 0 Å². The Morgan fingerprint density at radius 2 is 1.65 bits per heavy atom. The number of hydrogen-bond donors (Lipinski definition) is 2. The summed E-state index contributed by atoms with van der Waals surface area (Å²) in [5, 5.41) is 11.9. The molecule has 1 aliphatic heterocycles. The van der Waals surface area contributed by atoms with Gasteiger partial charge in [0.05, 0.1) is 11.2 Å². The average Bonchev–Trinajstić information content (AvgIpc) is 2.67. The van der Waals surface area contributed by atoms with Crippen LogP contribution in [0.25, 0.3) is 0 Å². The number of unbranched alkanes of at least 4 members (excludes halogenated alkanes) is 1. The van der Waals surface area contributed by atoms with Crippen LogP contribution in [0.2, 0.25) is 0 Å². The average molecular weight is 319 g/mol. The van der Waals surface area contributed by atoms with Gasteiger partial charge in [0.25, 0.3) is 0 Å². The fraction of sp³-hybridized carbons (Fsp3) is 0.588. The lowest BCUT2D eigenvalue weighted by atomic mass is 9.79. The summed E-state index contributed by atoms with van der Waals surface area (Å²) in [5.41, 5.74) is 1.35. The van der Waals surface area contributed by atoms with Crippen molar-refractivity contribution in [1.29, 1.82) is 0 Å². The van der Waals surface area contributed by atoms with Crippen molar-refractivity contribution in [3.05, 3.63) is 24.3 Å². The van der Waals surface area contributed by atoms with Gasteiger partial charge in [-0.25, -0.2) is 0 Å². The van der Waals surface area contributed by atoms with Crippen molar-refractivity contribution in [2.75, 3.05) is 11.9 Å². The summed E-state index contributed by atoms with van der Waals surface area (Å²) in [6, 6.07) is 8.00. The zero-order valence-electron chi connectivity index (χ0n) is 14.4. The van der Waals surface area contributed by atoms with Gasteiger partial charge in [0, 0.05) is 18.7 Å². The summed E-state index contributed by atoms with van der Waals surface area (Å²) in [7, 11) is -0.343. The van der Waals surface area contributed by atoms with Crippen molar-refractivity contribution in [3.63, 3.8) is 0 Å². The standard InChI is InChI=1S/C17H26BNO4/c1-16(2)17(3,4)23-18(22-16)13-8-10-14(11-9-13)19-12-6-5-7-15(20)21/h8-11,19H,5-7,12H2,1-4H3,(H,20,21). The fourth-order valence-electron chi connectivity index (χ4n) is 2.37. The van der Waals surface area contributed by atoms with Crippen molar-refractivity contribution in [3.8, 4) is 0 Å². The van der Waals surface area contributed by atoms with Gasteiger partial charge in [-0.1, -0.05) is 12.1 Å². The predicted octanol–water partition coefficient (Wildman–Crippen LogP) is 2.65. The largest absolute Gasteiger partial charge is 0.494 e. The molecule has 1 saturated heterocycles. The molecule has 0 radical (unpaired) electrons. The SMILES string of the molecule is CC1(C)OB(c2ccc(NCCCCC(=O)O)cc2)OC1(C)C. The normalized spacial score (nSPS) is 18.9. The number of benzene rings is 1. The molecule has 0 aliphatic carbocycles. The highest BCUT2D eigenvalue weighted by atomic mass is 16.7. The molecule has 5 nitrogen and oxygen atoms in total. The Hall–Kier alpha value is -1.53. The monoisotopic (exact) mass is 319 g/mol. The van der Waals surface area contributed by atoms with Crippen LogP contribution in [0.4, 0.5) is 5.69 Å². The number of nitrogens with one attached hydrogen (secondary N) is 1. The van der Waals surface area contributed by atoms with Crippen LogP contribution in [0.5, 0.6) is 0 Å². The van der Waals surface area contributed by atoms with Gasteiger partial charge < -0.3 is 19.7 Å². The number of aliphatic carboxylic acids is 1. The molecule has 0 spiro atoms. The third-order valence-corrected chi connectivity index (χ3v) is 4.58. The zero-order chi connectivity index (χ0) is 17.1. The third-order valence-electron chi connectivity index (χ3n) is 4.58. The second kappa shape index (κ2) is 6.93. The molecular weight excluding hydrogens is 293 g/mol. The summed E-state index contributed by atoms with van der Waals surface area (Å²) in [4.78, 5) is 10.4. The summed E-state index contributed by atoms with van der Waals surface area (Å²) < 4.78 is 12.1. The molecule has 2 N–H and O–H groups in total. The molecule has 23 heavy (non-hydrogen) atoms. The van der Waals surface area contributed by atoms with Crippen LogP contribution in [0.15, 0.2) is 24.3 Å². The topological polar surface area (TPSA) is 67.8 Å². The van der Waals surface area contributed by atoms with E-state index < -0.39 is 5.97 Å². The maximum absolute atomic E-state index is 10.4. The molecule has 0 saturated carbocycles. The Labute approximate surface area is 138 Å². The van der Waals surface area contributed by atoms with Gasteiger partial charge in [-0.3, -0.25) is 4.79 Å². The highest BCUT2D eigenvalue weighted by Crippen LogP contribution is 2.36. The van der Waals surface area contributed by atoms with Crippen LogP contribution in [-0.4, -0.2) is 35.9 Å². The molecule has 0 atom stereocenters. The number of hydrogen-bond acceptors (Lipinski definition) is 4. The Morgan fingerprint density at radius 1 is 1.09 bits per heavy atom. The molecule has 0 aromatic heterocycles. The van der Waals surface area contributed by atoms with Crippen molar-refractivity contribution in [2.45, 2.75) is 58.2 Å². The van der Waals surface area contributed by atoms with E-state index in [2.05, 4.69) is 5.32 Å². The van der Waals surface area contributed by atoms with Crippen LogP contribution < -0.4 is 10.8 Å². The molecule has 1 aromatic carbocycles. The van der Waals surface area contributed by atoms with Crippen LogP contribution in [-0.2, 0) is 14.1 Å². The lowest BCUT2D eigenvalue weighted by molar-refractivity contribution is -0.137. The lowest BCUT2D eigenvalue weighted by Gasteiger charge is -2.32. The molecule has 126 valence electrons. The molecular formula is C17H26BNO4. The molecule has 0 unspecified atom stereocenters. The molecule has 1 fully saturated rings. The minimum absolute atomic E-state index is 0.225. The second-order valence-electron chi connectivity index (χ2n) is 6.99. The fourth-order valence-corrected chi connectivity index (χ4v) is 2.37. The van der Waals surface area contributed by atoms with Gasteiger partial charge in [-0.15, -0.1) is 0 Å². The van der Waals surface area contributed by atoms with Crippen LogP contribution in [0, 0.1) is 0 Å². The first-order valence-corrected chi connectivity index (χ1v) is 8.12. The van der Waals surface area contributed by atoms with Gasteiger partial charge in [-0.2, -0.15) is 0 Å². The van der Waals surface area contributed by atoms with Crippen LogP contribution >= 0.6 is 0 Å². The molecule has 6 heteroatoms. The van der Waals surface area contributed by atoms with Crippen LogP contribution in [0.3, 0.4) is 0 Å². The van der Waals surface area contributed by atoms with E-state index in [1.807, 2.05) is 52.0 Å². The number of carboxylic acid groups (broad SMARTS) is 1. The van der Waals surface area contributed by atoms with E-state index in [0.717, 1.165) is 24.1 Å². The zero-order valence-corrected chi connectivity index (χ0v) is 14.4. The summed E-state index contributed by atoms with van der Waals surface area (Å²) in [5.74, 6) is -0.739. The predicted molar refractivity (Wildman–Crippen MR) is 92.1 cm³/mol. The Morgan fingerprint density at radius 3 is 2.17 bits per heavy atom. The van der Waals surface area contributed by atoms with E-state index in [1.54, 1.807) is 0 Å². The highest BCUT2D eigenvalue weighted by Gasteiger charge is 2.51. The molecule has 0 bridgehead atoms. The van der Waals surface area contributed by atoms with E-state index in [9.17, 15) is 4.79 Å². The molecule has 2 rings (SSSR count). The summed E-state index contributed by atoms with van der Waals surface area (Å²) in [6.45, 7) is 8.93. The highest BCUT2D eigenvalue weighted by molar-refractivity contribution is 6.62. The number of carboxylic acids is 1. The molecule has 1 aliphatic rings. The number of anilines is 1. The maximum atomic E-state index is 10.4. The van der Waals surface area contributed by atoms with E-state index in [0.29, 0.717) is 6.42 Å². The number of carbonyl (C=O) groups is 1. The molecule has 1 aromatic rings. The quantitative estimate of drug-likeness (QED) is 0.597. The first-order chi connectivity index (χ1) is 10.7. The maximum Gasteiger partial charge on any atom is 0.494 e. The minimum Gasteiger partial charge on any atom is -0.481 e. The van der Waals surface area contributed by atoms with Crippen molar-refractivity contribution in [2.24, 2.45) is 0 Å². The van der Waals surface area contributed by atoms with Gasteiger partial charge in [0.2, 0.25) is 0 Å². The summed E-state index contributed by atoms with van der Waals surface area (Å²) >= 11 is 0. The Balaban J connectivity index is 1.85. The second-order valence-corrected chi connectivity index (χ2v) is 6.99. The van der Waals surface area contributed by atoms with Gasteiger partial charge in [0.15, 0.2) is 0 Å². The van der Waals surface area contributed by atoms with Gasteiger partial charge in [0.1, 0.15) is 0 Å².